The highest BCUT2D eigenvalue weighted by atomic mass is 15.4. The molecule has 0 N–H and O–H groups in total. The topological polar surface area (TPSA) is 43.1 Å². The summed E-state index contributed by atoms with van der Waals surface area (Å²) in [4.78, 5) is 0. The smallest absolute Gasteiger partial charge is 0.141 e. The van der Waals surface area contributed by atoms with E-state index in [2.05, 4.69) is 15.3 Å². The van der Waals surface area contributed by atoms with E-state index in [9.17, 15) is 0 Å². The van der Waals surface area contributed by atoms with E-state index in [1.165, 1.54) is 32.1 Å². The molecule has 1 fully saturated rings. The zero-order valence-electron chi connectivity index (χ0n) is 7.63. The largest absolute Gasteiger partial charge is 0.208 e. The van der Waals surface area contributed by atoms with E-state index in [-0.39, 0.29) is 0 Å². The molecule has 4 nitrogen and oxygen atoms in total. The lowest BCUT2D eigenvalue weighted by Gasteiger charge is -2.16. The van der Waals surface area contributed by atoms with E-state index in [4.69, 9.17) is 0 Å². The minimum Gasteiger partial charge on any atom is -0.208 e. The molecule has 0 saturated heterocycles. The van der Waals surface area contributed by atoms with E-state index in [1.807, 2.05) is 6.21 Å². The number of hydrogen-bond donors (Lipinski definition) is 0. The molecule has 0 spiro atoms. The van der Waals surface area contributed by atoms with Crippen LogP contribution in [0.4, 0.5) is 0 Å². The van der Waals surface area contributed by atoms with Crippen molar-refractivity contribution in [3.63, 3.8) is 0 Å². The summed E-state index contributed by atoms with van der Waals surface area (Å²) in [5, 5.41) is 11.6. The molecule has 1 aromatic rings. The lowest BCUT2D eigenvalue weighted by Crippen LogP contribution is -2.07. The van der Waals surface area contributed by atoms with Gasteiger partial charge in [0.05, 0.1) is 0 Å². The molecule has 0 aromatic carbocycles. The third-order valence-corrected chi connectivity index (χ3v) is 2.47. The predicted molar refractivity (Wildman–Crippen MR) is 50.5 cm³/mol. The van der Waals surface area contributed by atoms with Crippen molar-refractivity contribution < 1.29 is 0 Å². The minimum absolute atomic E-state index is 0.663. The first-order valence-electron chi connectivity index (χ1n) is 4.84. The van der Waals surface area contributed by atoms with Crippen LogP contribution in [0.1, 0.15) is 32.1 Å². The lowest BCUT2D eigenvalue weighted by atomic mass is 9.90. The maximum atomic E-state index is 4.26. The van der Waals surface area contributed by atoms with Crippen LogP contribution in [0.15, 0.2) is 17.8 Å². The van der Waals surface area contributed by atoms with Gasteiger partial charge in [0.2, 0.25) is 0 Å². The molecule has 0 aliphatic heterocycles. The first-order chi connectivity index (χ1) is 6.45. The van der Waals surface area contributed by atoms with Gasteiger partial charge in [0.1, 0.15) is 12.7 Å². The normalized spacial score (nSPS) is 19.7. The van der Waals surface area contributed by atoms with Crippen molar-refractivity contribution in [3.8, 4) is 0 Å². The highest BCUT2D eigenvalue weighted by Crippen LogP contribution is 2.21. The monoisotopic (exact) mass is 178 g/mol. The van der Waals surface area contributed by atoms with Gasteiger partial charge in [-0.25, -0.2) is 4.68 Å². The summed E-state index contributed by atoms with van der Waals surface area (Å²) >= 11 is 0. The molecule has 1 heterocycles. The molecule has 13 heavy (non-hydrogen) atoms. The van der Waals surface area contributed by atoms with Gasteiger partial charge in [-0.15, -0.1) is 10.2 Å². The zero-order valence-corrected chi connectivity index (χ0v) is 7.63. The summed E-state index contributed by atoms with van der Waals surface area (Å²) in [5.74, 6) is 0.663. The van der Waals surface area contributed by atoms with Crippen molar-refractivity contribution in [2.75, 3.05) is 0 Å². The van der Waals surface area contributed by atoms with Gasteiger partial charge in [0.25, 0.3) is 0 Å². The second-order valence-corrected chi connectivity index (χ2v) is 3.50. The lowest BCUT2D eigenvalue weighted by molar-refractivity contribution is 0.443. The first-order valence-corrected chi connectivity index (χ1v) is 4.84. The minimum atomic E-state index is 0.663. The Hall–Kier alpha value is -1.19. The molecule has 2 rings (SSSR count). The van der Waals surface area contributed by atoms with Gasteiger partial charge in [-0.05, 0) is 18.8 Å². The third-order valence-electron chi connectivity index (χ3n) is 2.47. The van der Waals surface area contributed by atoms with Crippen LogP contribution >= 0.6 is 0 Å². The summed E-state index contributed by atoms with van der Waals surface area (Å²) in [7, 11) is 0. The molecule has 1 aliphatic carbocycles. The van der Waals surface area contributed by atoms with Crippen molar-refractivity contribution >= 4 is 6.21 Å². The van der Waals surface area contributed by atoms with Gasteiger partial charge < -0.3 is 0 Å². The van der Waals surface area contributed by atoms with Crippen LogP contribution in [0, 0.1) is 5.92 Å². The van der Waals surface area contributed by atoms with Gasteiger partial charge in [0.15, 0.2) is 0 Å². The molecule has 1 aromatic heterocycles. The Kier molecular flexibility index (Phi) is 2.69. The predicted octanol–water partition coefficient (Wildman–Crippen LogP) is 1.69. The Balaban J connectivity index is 1.89. The van der Waals surface area contributed by atoms with Crippen LogP contribution < -0.4 is 0 Å². The number of nitrogens with zero attached hydrogens (tertiary/aromatic N) is 4. The Morgan fingerprint density at radius 3 is 2.54 bits per heavy atom. The highest BCUT2D eigenvalue weighted by molar-refractivity contribution is 5.60. The SMILES string of the molecule is C(=N/n1cnnc1)/C1CCCCC1. The van der Waals surface area contributed by atoms with E-state index in [1.54, 1.807) is 17.3 Å². The summed E-state index contributed by atoms with van der Waals surface area (Å²) in [6, 6.07) is 0. The average molecular weight is 178 g/mol. The molecule has 1 saturated carbocycles. The number of hydrogen-bond acceptors (Lipinski definition) is 3. The highest BCUT2D eigenvalue weighted by Gasteiger charge is 2.10. The standard InChI is InChI=1S/C9H14N4/c1-2-4-9(5-3-1)6-12-13-7-10-11-8-13/h6-9H,1-5H2/b12-6-. The van der Waals surface area contributed by atoms with E-state index < -0.39 is 0 Å². The van der Waals surface area contributed by atoms with Gasteiger partial charge in [0, 0.05) is 6.21 Å². The Morgan fingerprint density at radius 2 is 1.85 bits per heavy atom. The van der Waals surface area contributed by atoms with Gasteiger partial charge >= 0.3 is 0 Å². The molecule has 70 valence electrons. The molecule has 4 heteroatoms. The maximum absolute atomic E-state index is 4.26. The van der Waals surface area contributed by atoms with Crippen LogP contribution in [0.2, 0.25) is 0 Å². The molecular formula is C9H14N4. The second-order valence-electron chi connectivity index (χ2n) is 3.50. The molecule has 0 amide bonds. The van der Waals surface area contributed by atoms with Crippen molar-refractivity contribution in [2.45, 2.75) is 32.1 Å². The quantitative estimate of drug-likeness (QED) is 0.647. The van der Waals surface area contributed by atoms with Gasteiger partial charge in [-0.3, -0.25) is 0 Å². The Bertz CT molecular complexity index is 259. The van der Waals surface area contributed by atoms with Gasteiger partial charge in [-0.1, -0.05) is 19.3 Å². The van der Waals surface area contributed by atoms with Crippen LogP contribution in [-0.4, -0.2) is 21.1 Å². The number of aromatic nitrogens is 3. The fourth-order valence-corrected chi connectivity index (χ4v) is 1.71. The van der Waals surface area contributed by atoms with E-state index >= 15 is 0 Å². The van der Waals surface area contributed by atoms with Crippen LogP contribution in [0.3, 0.4) is 0 Å². The number of rotatable bonds is 2. The van der Waals surface area contributed by atoms with Gasteiger partial charge in [-0.2, -0.15) is 5.10 Å². The van der Waals surface area contributed by atoms with Crippen LogP contribution in [0.25, 0.3) is 0 Å². The summed E-state index contributed by atoms with van der Waals surface area (Å²) in [5.41, 5.74) is 0. The summed E-state index contributed by atoms with van der Waals surface area (Å²) in [6.07, 6.45) is 11.9. The van der Waals surface area contributed by atoms with Crippen molar-refractivity contribution in [3.05, 3.63) is 12.7 Å². The molecular weight excluding hydrogens is 164 g/mol. The zero-order chi connectivity index (χ0) is 8.93. The fraction of sp³-hybridized carbons (Fsp3) is 0.667. The molecule has 0 bridgehead atoms. The Labute approximate surface area is 77.7 Å². The third kappa shape index (κ3) is 2.37. The maximum Gasteiger partial charge on any atom is 0.141 e. The second kappa shape index (κ2) is 4.16. The average Bonchev–Trinajstić information content (AvgIpc) is 2.69. The van der Waals surface area contributed by atoms with E-state index in [0.29, 0.717) is 5.92 Å². The summed E-state index contributed by atoms with van der Waals surface area (Å²) < 4.78 is 1.65. The van der Waals surface area contributed by atoms with Crippen molar-refractivity contribution in [1.82, 2.24) is 14.9 Å². The van der Waals surface area contributed by atoms with Crippen molar-refractivity contribution in [2.24, 2.45) is 11.0 Å². The van der Waals surface area contributed by atoms with Crippen LogP contribution in [-0.2, 0) is 0 Å². The molecule has 0 unspecified atom stereocenters. The summed E-state index contributed by atoms with van der Waals surface area (Å²) in [6.45, 7) is 0. The van der Waals surface area contributed by atoms with Crippen molar-refractivity contribution in [1.29, 1.82) is 0 Å². The molecule has 1 aliphatic rings. The Morgan fingerprint density at radius 1 is 1.15 bits per heavy atom. The molecule has 0 atom stereocenters. The molecule has 0 radical (unpaired) electrons. The fourth-order valence-electron chi connectivity index (χ4n) is 1.71. The van der Waals surface area contributed by atoms with Crippen LogP contribution in [0.5, 0.6) is 0 Å². The van der Waals surface area contributed by atoms with E-state index in [0.717, 1.165) is 0 Å². The first kappa shape index (κ1) is 8.41.